The van der Waals surface area contributed by atoms with Gasteiger partial charge in [0.15, 0.2) is 29.0 Å². The van der Waals surface area contributed by atoms with Crippen LogP contribution in [-0.4, -0.2) is 55.4 Å². The predicted octanol–water partition coefficient (Wildman–Crippen LogP) is 4.53. The molecule has 1 aliphatic carbocycles. The third kappa shape index (κ3) is 4.06. The van der Waals surface area contributed by atoms with E-state index in [0.29, 0.717) is 22.3 Å². The molecular formula is C24H28FN5O3S. The fraction of sp³-hybridized carbons (Fsp3) is 0.542. The number of nitrogens with one attached hydrogen (secondary N) is 1. The highest BCUT2D eigenvalue weighted by molar-refractivity contribution is 7.99. The maximum absolute atomic E-state index is 14.2. The molecule has 34 heavy (non-hydrogen) atoms. The Morgan fingerprint density at radius 2 is 1.91 bits per heavy atom. The zero-order valence-electron chi connectivity index (χ0n) is 19.2. The van der Waals surface area contributed by atoms with Gasteiger partial charge in [-0.3, -0.25) is 4.57 Å². The fourth-order valence-electron chi connectivity index (χ4n) is 5.16. The Labute approximate surface area is 201 Å². The van der Waals surface area contributed by atoms with Crippen molar-refractivity contribution in [2.24, 2.45) is 0 Å². The molecule has 3 aromatic rings. The summed E-state index contributed by atoms with van der Waals surface area (Å²) in [5, 5.41) is 3.54. The van der Waals surface area contributed by atoms with E-state index in [9.17, 15) is 4.39 Å². The van der Waals surface area contributed by atoms with Crippen molar-refractivity contribution in [3.05, 3.63) is 42.7 Å². The molecule has 0 radical (unpaired) electrons. The van der Waals surface area contributed by atoms with Gasteiger partial charge in [-0.2, -0.15) is 0 Å². The summed E-state index contributed by atoms with van der Waals surface area (Å²) in [6.07, 6.45) is 6.70. The molecule has 2 saturated heterocycles. The Morgan fingerprint density at radius 3 is 2.74 bits per heavy atom. The molecule has 10 heteroatoms. The smallest absolute Gasteiger partial charge is 0.167 e. The molecule has 3 aliphatic rings. The Hall–Kier alpha value is -2.27. The Morgan fingerprint density at radius 1 is 1.12 bits per heavy atom. The lowest BCUT2D eigenvalue weighted by molar-refractivity contribution is -0.193. The lowest BCUT2D eigenvalue weighted by Crippen LogP contribution is -2.31. The SMILES string of the molecule is CC1(C)O[C@@H]2[C@@H](CSc3ccccc3F)OC(n3cnc4c(NC5CCCC5)ncnc43)[C@@H]2O1. The molecule has 180 valence electrons. The van der Waals surface area contributed by atoms with Crippen LogP contribution >= 0.6 is 11.8 Å². The van der Waals surface area contributed by atoms with Gasteiger partial charge in [0.05, 0.1) is 12.4 Å². The zero-order chi connectivity index (χ0) is 23.3. The van der Waals surface area contributed by atoms with Crippen molar-refractivity contribution in [2.75, 3.05) is 11.1 Å². The Kier molecular flexibility index (Phi) is 5.71. The van der Waals surface area contributed by atoms with Gasteiger partial charge in [0, 0.05) is 16.7 Å². The van der Waals surface area contributed by atoms with Crippen LogP contribution in [0.2, 0.25) is 0 Å². The lowest BCUT2D eigenvalue weighted by atomic mass is 10.1. The summed E-state index contributed by atoms with van der Waals surface area (Å²) in [5.41, 5.74) is 1.41. The summed E-state index contributed by atoms with van der Waals surface area (Å²) in [4.78, 5) is 14.2. The minimum absolute atomic E-state index is 0.234. The summed E-state index contributed by atoms with van der Waals surface area (Å²) < 4.78 is 35.0. The molecule has 1 unspecified atom stereocenters. The van der Waals surface area contributed by atoms with Gasteiger partial charge in [0.2, 0.25) is 0 Å². The minimum atomic E-state index is -0.737. The fourth-order valence-corrected chi connectivity index (χ4v) is 6.15. The summed E-state index contributed by atoms with van der Waals surface area (Å²) in [7, 11) is 0. The number of hydrogen-bond donors (Lipinski definition) is 1. The summed E-state index contributed by atoms with van der Waals surface area (Å²) in [6.45, 7) is 3.81. The van der Waals surface area contributed by atoms with Crippen molar-refractivity contribution < 1.29 is 18.6 Å². The normalized spacial score (nSPS) is 28.6. The van der Waals surface area contributed by atoms with E-state index in [4.69, 9.17) is 14.2 Å². The van der Waals surface area contributed by atoms with E-state index in [1.165, 1.54) is 30.7 Å². The minimum Gasteiger partial charge on any atom is -0.365 e. The summed E-state index contributed by atoms with van der Waals surface area (Å²) in [6, 6.07) is 7.19. The van der Waals surface area contributed by atoms with Gasteiger partial charge in [-0.1, -0.05) is 25.0 Å². The number of nitrogens with zero attached hydrogens (tertiary/aromatic N) is 4. The number of anilines is 1. The number of benzene rings is 1. The third-order valence-electron chi connectivity index (χ3n) is 6.69. The maximum atomic E-state index is 14.2. The van der Waals surface area contributed by atoms with E-state index in [1.807, 2.05) is 24.5 Å². The molecule has 3 fully saturated rings. The highest BCUT2D eigenvalue weighted by Crippen LogP contribution is 2.45. The first kappa shape index (κ1) is 22.2. The number of ether oxygens (including phenoxy) is 3. The van der Waals surface area contributed by atoms with E-state index in [0.717, 1.165) is 24.2 Å². The molecule has 0 spiro atoms. The lowest BCUT2D eigenvalue weighted by Gasteiger charge is -2.24. The van der Waals surface area contributed by atoms with Crippen molar-refractivity contribution in [1.29, 1.82) is 0 Å². The molecule has 0 bridgehead atoms. The van der Waals surface area contributed by atoms with Gasteiger partial charge in [-0.25, -0.2) is 19.3 Å². The quantitative estimate of drug-likeness (QED) is 0.510. The van der Waals surface area contributed by atoms with Gasteiger partial charge in [0.1, 0.15) is 24.4 Å². The van der Waals surface area contributed by atoms with Crippen LogP contribution in [-0.2, 0) is 14.2 Å². The standard InChI is InChI=1S/C24H28FN5O3S/c1-24(2)32-19-16(11-34-17-10-6-5-9-15(17)25)31-23(20(19)33-24)30-13-28-18-21(26-12-27-22(18)30)29-14-7-3-4-8-14/h5-6,9-10,12-14,16,19-20,23H,3-4,7-8,11H2,1-2H3,(H,26,27,29)/t16-,19-,20-,23?/m1/s1. The molecule has 4 heterocycles. The molecule has 4 atom stereocenters. The molecule has 2 aliphatic heterocycles. The second-order valence-corrected chi connectivity index (χ2v) is 10.6. The number of imidazole rings is 1. The first-order chi connectivity index (χ1) is 16.5. The first-order valence-electron chi connectivity index (χ1n) is 11.8. The van der Waals surface area contributed by atoms with Crippen molar-refractivity contribution in [2.45, 2.75) is 80.8 Å². The predicted molar refractivity (Wildman–Crippen MR) is 126 cm³/mol. The van der Waals surface area contributed by atoms with Crippen LogP contribution in [0.1, 0.15) is 45.8 Å². The van der Waals surface area contributed by atoms with Crippen LogP contribution in [0.15, 0.2) is 41.8 Å². The molecule has 6 rings (SSSR count). The van der Waals surface area contributed by atoms with Gasteiger partial charge in [-0.15, -0.1) is 11.8 Å². The number of fused-ring (bicyclic) bond motifs is 2. The number of hydrogen-bond acceptors (Lipinski definition) is 8. The largest absolute Gasteiger partial charge is 0.365 e. The van der Waals surface area contributed by atoms with Gasteiger partial charge in [-0.05, 0) is 38.8 Å². The first-order valence-corrected chi connectivity index (χ1v) is 12.8. The average Bonchev–Trinajstić information content (AvgIpc) is 3.58. The molecule has 0 amide bonds. The molecule has 8 nitrogen and oxygen atoms in total. The van der Waals surface area contributed by atoms with Crippen LogP contribution in [0.5, 0.6) is 0 Å². The Bertz CT molecular complexity index is 1180. The third-order valence-corrected chi connectivity index (χ3v) is 7.83. The number of aromatic nitrogens is 4. The maximum Gasteiger partial charge on any atom is 0.167 e. The van der Waals surface area contributed by atoms with Gasteiger partial charge in [0.25, 0.3) is 0 Å². The number of thioether (sulfide) groups is 1. The van der Waals surface area contributed by atoms with Gasteiger partial charge >= 0.3 is 0 Å². The van der Waals surface area contributed by atoms with E-state index < -0.39 is 12.0 Å². The summed E-state index contributed by atoms with van der Waals surface area (Å²) >= 11 is 1.42. The second kappa shape index (κ2) is 8.75. The summed E-state index contributed by atoms with van der Waals surface area (Å²) in [5.74, 6) is 0.315. The van der Waals surface area contributed by atoms with Crippen molar-refractivity contribution in [1.82, 2.24) is 19.5 Å². The van der Waals surface area contributed by atoms with Crippen LogP contribution in [0, 0.1) is 5.82 Å². The average molecular weight is 486 g/mol. The van der Waals surface area contributed by atoms with Crippen LogP contribution in [0.25, 0.3) is 11.2 Å². The van der Waals surface area contributed by atoms with E-state index >= 15 is 0 Å². The van der Waals surface area contributed by atoms with Crippen LogP contribution in [0.4, 0.5) is 10.2 Å². The van der Waals surface area contributed by atoms with Crippen molar-refractivity contribution in [3.8, 4) is 0 Å². The topological polar surface area (TPSA) is 83.3 Å². The monoisotopic (exact) mass is 485 g/mol. The highest BCUT2D eigenvalue weighted by atomic mass is 32.2. The Balaban J connectivity index is 1.27. The van der Waals surface area contributed by atoms with E-state index in [2.05, 4.69) is 20.3 Å². The molecule has 2 aromatic heterocycles. The molecule has 1 N–H and O–H groups in total. The number of rotatable bonds is 6. The second-order valence-electron chi connectivity index (χ2n) is 9.54. The zero-order valence-corrected chi connectivity index (χ0v) is 20.0. The van der Waals surface area contributed by atoms with E-state index in [-0.39, 0.29) is 24.1 Å². The van der Waals surface area contributed by atoms with Crippen LogP contribution in [0.3, 0.4) is 0 Å². The molecule has 1 saturated carbocycles. The molecule has 1 aromatic carbocycles. The van der Waals surface area contributed by atoms with Crippen molar-refractivity contribution in [3.63, 3.8) is 0 Å². The highest BCUT2D eigenvalue weighted by Gasteiger charge is 2.56. The van der Waals surface area contributed by atoms with Crippen LogP contribution < -0.4 is 5.32 Å². The van der Waals surface area contributed by atoms with Crippen molar-refractivity contribution >= 4 is 28.7 Å². The van der Waals surface area contributed by atoms with Gasteiger partial charge < -0.3 is 19.5 Å². The molecular weight excluding hydrogens is 457 g/mol. The van der Waals surface area contributed by atoms with E-state index in [1.54, 1.807) is 24.8 Å². The number of halogens is 1.